The molecule has 0 bridgehead atoms. The van der Waals surface area contributed by atoms with E-state index in [4.69, 9.17) is 9.97 Å². The summed E-state index contributed by atoms with van der Waals surface area (Å²) in [7, 11) is 0. The minimum absolute atomic E-state index is 0.0221. The summed E-state index contributed by atoms with van der Waals surface area (Å²) in [5.74, 6) is 1.93. The van der Waals surface area contributed by atoms with Crippen molar-refractivity contribution in [3.63, 3.8) is 0 Å². The molecule has 2 aliphatic rings. The lowest BCUT2D eigenvalue weighted by atomic mass is 9.84. The lowest BCUT2D eigenvalue weighted by Gasteiger charge is -2.38. The molecule has 0 saturated carbocycles. The third-order valence-electron chi connectivity index (χ3n) is 6.46. The van der Waals surface area contributed by atoms with Crippen molar-refractivity contribution in [2.24, 2.45) is 5.92 Å². The summed E-state index contributed by atoms with van der Waals surface area (Å²) in [6, 6.07) is 7.92. The van der Waals surface area contributed by atoms with Crippen LogP contribution in [0.3, 0.4) is 0 Å². The first kappa shape index (κ1) is 22.3. The van der Waals surface area contributed by atoms with Gasteiger partial charge in [0, 0.05) is 19.5 Å². The molecule has 0 radical (unpaired) electrons. The molecule has 1 saturated heterocycles. The fourth-order valence-electron chi connectivity index (χ4n) is 4.25. The summed E-state index contributed by atoms with van der Waals surface area (Å²) < 4.78 is 12.6. The molecule has 1 unspecified atom stereocenters. The van der Waals surface area contributed by atoms with Crippen molar-refractivity contribution in [2.75, 3.05) is 35.7 Å². The van der Waals surface area contributed by atoms with Crippen molar-refractivity contribution in [3.8, 4) is 0 Å². The first-order valence-electron chi connectivity index (χ1n) is 11.0. The molecule has 4 rings (SSSR count). The third-order valence-corrected chi connectivity index (χ3v) is 7.92. The Bertz CT molecular complexity index is 914. The second-order valence-corrected chi connectivity index (χ2v) is 10.5. The van der Waals surface area contributed by atoms with Gasteiger partial charge < -0.3 is 25.0 Å². The summed E-state index contributed by atoms with van der Waals surface area (Å²) in [5.41, 5.74) is 2.11. The molecule has 0 spiro atoms. The molecule has 0 aliphatic carbocycles. The number of aliphatic hydroxyl groups is 2. The normalized spacial score (nSPS) is 21.3. The Balaban J connectivity index is 1.56. The van der Waals surface area contributed by atoms with Gasteiger partial charge in [-0.3, -0.25) is 0 Å². The maximum Gasteiger partial charge on any atom is 0.227 e. The minimum Gasteiger partial charge on any atom is -0.611 e. The zero-order valence-electron chi connectivity index (χ0n) is 18.5. The van der Waals surface area contributed by atoms with E-state index < -0.39 is 16.8 Å². The Morgan fingerprint density at radius 2 is 1.87 bits per heavy atom. The quantitative estimate of drug-likeness (QED) is 0.588. The largest absolute Gasteiger partial charge is 0.611 e. The Kier molecular flexibility index (Phi) is 6.44. The number of aryl methyl sites for hydroxylation is 2. The van der Waals surface area contributed by atoms with Gasteiger partial charge in [0.2, 0.25) is 10.8 Å². The Morgan fingerprint density at radius 1 is 1.19 bits per heavy atom. The molecule has 8 heteroatoms. The Hall–Kier alpha value is -1.87. The first-order chi connectivity index (χ1) is 14.8. The van der Waals surface area contributed by atoms with Crippen molar-refractivity contribution in [1.82, 2.24) is 9.97 Å². The predicted octanol–water partition coefficient (Wildman–Crippen LogP) is 2.37. The number of nitrogens with zero attached hydrogens (tertiary/aromatic N) is 3. The molecule has 2 aromatic rings. The molecular weight excluding hydrogens is 412 g/mol. The van der Waals surface area contributed by atoms with Crippen LogP contribution in [0, 0.1) is 12.8 Å². The third kappa shape index (κ3) is 4.53. The van der Waals surface area contributed by atoms with E-state index >= 15 is 0 Å². The molecule has 7 nitrogen and oxygen atoms in total. The number of fused-ring (bicyclic) bond motifs is 1. The van der Waals surface area contributed by atoms with Gasteiger partial charge in [0.25, 0.3) is 0 Å². The molecule has 2 aliphatic heterocycles. The molecule has 168 valence electrons. The van der Waals surface area contributed by atoms with Crippen LogP contribution in [-0.2, 0) is 23.2 Å². The molecule has 3 N–H and O–H groups in total. The van der Waals surface area contributed by atoms with Crippen molar-refractivity contribution in [1.29, 1.82) is 0 Å². The van der Waals surface area contributed by atoms with Crippen LogP contribution < -0.4 is 10.2 Å². The van der Waals surface area contributed by atoms with Crippen LogP contribution in [0.25, 0.3) is 0 Å². The van der Waals surface area contributed by atoms with E-state index in [9.17, 15) is 14.8 Å². The standard InChI is InChI=1S/C23H32N4O3S/c1-15(2)19(14-28)24-21-20-18(8-13-31(20)30)25-22(26-21)27-11-9-23(29,10-12-27)17-6-4-16(3)5-7-17/h4-7,15,19,28-29H,8-14H2,1-3H3,(H,24,25,26)/t19-,31?/m0/s1. The molecule has 3 heterocycles. The van der Waals surface area contributed by atoms with Gasteiger partial charge in [-0.15, -0.1) is 0 Å². The fraction of sp³-hybridized carbons (Fsp3) is 0.565. The number of piperidine rings is 1. The number of hydrogen-bond acceptors (Lipinski definition) is 7. The van der Waals surface area contributed by atoms with Gasteiger partial charge in [0.1, 0.15) is 11.4 Å². The van der Waals surface area contributed by atoms with E-state index in [0.29, 0.717) is 54.8 Å². The smallest absolute Gasteiger partial charge is 0.227 e. The first-order valence-corrected chi connectivity index (χ1v) is 12.3. The molecule has 1 fully saturated rings. The summed E-state index contributed by atoms with van der Waals surface area (Å²) in [5, 5.41) is 24.3. The second kappa shape index (κ2) is 8.94. The summed E-state index contributed by atoms with van der Waals surface area (Å²) >= 11 is -1.12. The minimum atomic E-state index is -1.12. The number of aromatic nitrogens is 2. The fourth-order valence-corrected chi connectivity index (χ4v) is 5.56. The maximum atomic E-state index is 12.6. The van der Waals surface area contributed by atoms with Crippen LogP contribution >= 0.6 is 0 Å². The maximum absolute atomic E-state index is 12.6. The lowest BCUT2D eigenvalue weighted by Crippen LogP contribution is -2.43. The molecular formula is C23H32N4O3S. The number of benzene rings is 1. The number of aliphatic hydroxyl groups excluding tert-OH is 1. The second-order valence-electron chi connectivity index (χ2n) is 9.01. The van der Waals surface area contributed by atoms with Gasteiger partial charge in [0.05, 0.1) is 18.2 Å². The predicted molar refractivity (Wildman–Crippen MR) is 123 cm³/mol. The highest BCUT2D eigenvalue weighted by Crippen LogP contribution is 2.36. The van der Waals surface area contributed by atoms with Crippen molar-refractivity contribution < 1.29 is 14.8 Å². The Morgan fingerprint density at radius 3 is 2.48 bits per heavy atom. The van der Waals surface area contributed by atoms with Gasteiger partial charge in [-0.25, -0.2) is 4.98 Å². The van der Waals surface area contributed by atoms with Gasteiger partial charge in [-0.2, -0.15) is 4.98 Å². The van der Waals surface area contributed by atoms with Gasteiger partial charge in [0.15, 0.2) is 5.82 Å². The van der Waals surface area contributed by atoms with E-state index in [1.54, 1.807) is 0 Å². The molecule has 1 aromatic carbocycles. The highest BCUT2D eigenvalue weighted by molar-refractivity contribution is 7.91. The number of rotatable bonds is 6. The molecule has 31 heavy (non-hydrogen) atoms. The molecule has 1 aromatic heterocycles. The van der Waals surface area contributed by atoms with Crippen molar-refractivity contribution in [2.45, 2.75) is 56.6 Å². The molecule has 0 amide bonds. The van der Waals surface area contributed by atoms with Crippen LogP contribution in [-0.4, -0.2) is 56.2 Å². The monoisotopic (exact) mass is 444 g/mol. The zero-order chi connectivity index (χ0) is 22.2. The number of nitrogens with one attached hydrogen (secondary N) is 1. The highest BCUT2D eigenvalue weighted by Gasteiger charge is 2.37. The van der Waals surface area contributed by atoms with Gasteiger partial charge in [-0.05, 0) is 42.4 Å². The highest BCUT2D eigenvalue weighted by atomic mass is 32.2. The number of hydrogen-bond donors (Lipinski definition) is 3. The van der Waals surface area contributed by atoms with Crippen LogP contribution in [0.4, 0.5) is 11.8 Å². The summed E-state index contributed by atoms with van der Waals surface area (Å²) in [4.78, 5) is 12.2. The number of anilines is 2. The van der Waals surface area contributed by atoms with Gasteiger partial charge >= 0.3 is 0 Å². The van der Waals surface area contributed by atoms with Crippen LogP contribution in [0.5, 0.6) is 0 Å². The van der Waals surface area contributed by atoms with E-state index in [2.05, 4.69) is 10.2 Å². The summed E-state index contributed by atoms with van der Waals surface area (Å²) in [6.07, 6.45) is 1.85. The SMILES string of the molecule is Cc1ccc(C2(O)CCN(c3nc4c(c(N[C@@H](CO)C(C)C)n3)[S+]([O-])CC4)CC2)cc1. The van der Waals surface area contributed by atoms with Crippen LogP contribution in [0.1, 0.15) is 43.5 Å². The average molecular weight is 445 g/mol. The van der Waals surface area contributed by atoms with E-state index in [-0.39, 0.29) is 18.6 Å². The summed E-state index contributed by atoms with van der Waals surface area (Å²) in [6.45, 7) is 7.36. The van der Waals surface area contributed by atoms with E-state index in [1.165, 1.54) is 5.56 Å². The average Bonchev–Trinajstić information content (AvgIpc) is 3.13. The van der Waals surface area contributed by atoms with Crippen molar-refractivity contribution >= 4 is 22.9 Å². The molecule has 2 atom stereocenters. The lowest BCUT2D eigenvalue weighted by molar-refractivity contribution is 0.0115. The topological polar surface area (TPSA) is 105 Å². The van der Waals surface area contributed by atoms with E-state index in [0.717, 1.165) is 11.3 Å². The van der Waals surface area contributed by atoms with Crippen molar-refractivity contribution in [3.05, 3.63) is 41.1 Å². The van der Waals surface area contributed by atoms with Gasteiger partial charge in [-0.1, -0.05) is 43.7 Å². The van der Waals surface area contributed by atoms with Crippen LogP contribution in [0.15, 0.2) is 29.2 Å². The van der Waals surface area contributed by atoms with Crippen LogP contribution in [0.2, 0.25) is 0 Å². The zero-order valence-corrected chi connectivity index (χ0v) is 19.3. The Labute approximate surface area is 187 Å². The van der Waals surface area contributed by atoms with E-state index in [1.807, 2.05) is 45.0 Å².